The monoisotopic (exact) mass is 347 g/mol. The smallest absolute Gasteiger partial charge is 0.263 e. The fourth-order valence-electron chi connectivity index (χ4n) is 1.60. The van der Waals surface area contributed by atoms with Crippen molar-refractivity contribution in [2.24, 2.45) is 16.8 Å². The van der Waals surface area contributed by atoms with Crippen LogP contribution >= 0.6 is 27.3 Å². The lowest BCUT2D eigenvalue weighted by Crippen LogP contribution is -2.38. The first-order valence-corrected chi connectivity index (χ1v) is 7.54. The van der Waals surface area contributed by atoms with E-state index in [2.05, 4.69) is 21.1 Å². The Hall–Kier alpha value is -1.08. The molecule has 0 aliphatic rings. The van der Waals surface area contributed by atoms with E-state index in [4.69, 9.17) is 10.9 Å². The van der Waals surface area contributed by atoms with Gasteiger partial charge in [-0.05, 0) is 41.4 Å². The number of hydrogen-bond donors (Lipinski definition) is 2. The van der Waals surface area contributed by atoms with Crippen molar-refractivity contribution >= 4 is 39.0 Å². The van der Waals surface area contributed by atoms with E-state index in [0.29, 0.717) is 18.0 Å². The summed E-state index contributed by atoms with van der Waals surface area (Å²) in [5.41, 5.74) is 6.59. The van der Waals surface area contributed by atoms with Crippen molar-refractivity contribution in [3.05, 3.63) is 20.3 Å². The Balaban J connectivity index is 2.83. The third kappa shape index (κ3) is 3.94. The van der Waals surface area contributed by atoms with Crippen molar-refractivity contribution in [1.29, 1.82) is 0 Å². The average Bonchev–Trinajstić information content (AvgIpc) is 2.73. The van der Waals surface area contributed by atoms with Gasteiger partial charge in [-0.15, -0.1) is 11.3 Å². The van der Waals surface area contributed by atoms with Crippen LogP contribution in [0.1, 0.15) is 29.1 Å². The highest BCUT2D eigenvalue weighted by molar-refractivity contribution is 9.11. The Kier molecular flexibility index (Phi) is 5.81. The third-order valence-electron chi connectivity index (χ3n) is 2.85. The number of thiophene rings is 1. The highest BCUT2D eigenvalue weighted by atomic mass is 79.9. The van der Waals surface area contributed by atoms with Gasteiger partial charge in [0, 0.05) is 19.0 Å². The summed E-state index contributed by atoms with van der Waals surface area (Å²) in [4.78, 5) is 14.7. The summed E-state index contributed by atoms with van der Waals surface area (Å²) < 4.78 is 0.969. The molecule has 0 bridgehead atoms. The molecule has 1 aromatic heterocycles. The van der Waals surface area contributed by atoms with Crippen molar-refractivity contribution in [3.63, 3.8) is 0 Å². The first kappa shape index (κ1) is 16.0. The lowest BCUT2D eigenvalue weighted by atomic mass is 10.1. The SMILES string of the molecule is CCN(CC(C)C(N)=NO)C(=O)c1cc(C)c(Br)s1. The lowest BCUT2D eigenvalue weighted by Gasteiger charge is -2.23. The summed E-state index contributed by atoms with van der Waals surface area (Å²) in [6, 6.07) is 1.87. The van der Waals surface area contributed by atoms with Crippen LogP contribution in [-0.4, -0.2) is 34.9 Å². The molecule has 0 radical (unpaired) electrons. The zero-order chi connectivity index (χ0) is 14.6. The van der Waals surface area contributed by atoms with Crippen LogP contribution in [0.15, 0.2) is 15.0 Å². The zero-order valence-corrected chi connectivity index (χ0v) is 13.6. The molecule has 1 heterocycles. The van der Waals surface area contributed by atoms with E-state index >= 15 is 0 Å². The van der Waals surface area contributed by atoms with Crippen LogP contribution in [0.5, 0.6) is 0 Å². The number of nitrogens with zero attached hydrogens (tertiary/aromatic N) is 2. The van der Waals surface area contributed by atoms with Gasteiger partial charge in [-0.3, -0.25) is 4.79 Å². The molecular weight excluding hydrogens is 330 g/mol. The van der Waals surface area contributed by atoms with Crippen molar-refractivity contribution in [1.82, 2.24) is 4.90 Å². The van der Waals surface area contributed by atoms with E-state index in [1.807, 2.05) is 26.8 Å². The molecule has 0 fully saturated rings. The molecule has 1 amide bonds. The van der Waals surface area contributed by atoms with Gasteiger partial charge in [-0.2, -0.15) is 0 Å². The van der Waals surface area contributed by atoms with Crippen molar-refractivity contribution < 1.29 is 10.0 Å². The molecule has 1 rings (SSSR count). The van der Waals surface area contributed by atoms with E-state index in [1.54, 1.807) is 4.90 Å². The minimum Gasteiger partial charge on any atom is -0.409 e. The number of amides is 1. The molecule has 0 spiro atoms. The Bertz CT molecular complexity index is 468. The first-order valence-electron chi connectivity index (χ1n) is 5.93. The van der Waals surface area contributed by atoms with Gasteiger partial charge in [0.25, 0.3) is 5.91 Å². The predicted octanol–water partition coefficient (Wildman–Crippen LogP) is 2.66. The Morgan fingerprint density at radius 1 is 1.68 bits per heavy atom. The summed E-state index contributed by atoms with van der Waals surface area (Å²) in [6.07, 6.45) is 0. The molecule has 106 valence electrons. The van der Waals surface area contributed by atoms with Crippen molar-refractivity contribution in [2.45, 2.75) is 20.8 Å². The fraction of sp³-hybridized carbons (Fsp3) is 0.500. The lowest BCUT2D eigenvalue weighted by molar-refractivity contribution is 0.0758. The van der Waals surface area contributed by atoms with Gasteiger partial charge in [-0.25, -0.2) is 0 Å². The Labute approximate surface area is 125 Å². The summed E-state index contributed by atoms with van der Waals surface area (Å²) in [5, 5.41) is 11.6. The number of rotatable bonds is 5. The van der Waals surface area contributed by atoms with Gasteiger partial charge in [0.2, 0.25) is 0 Å². The molecule has 1 unspecified atom stereocenters. The van der Waals surface area contributed by atoms with Crippen LogP contribution in [0.25, 0.3) is 0 Å². The largest absolute Gasteiger partial charge is 0.409 e. The van der Waals surface area contributed by atoms with Crippen LogP contribution in [-0.2, 0) is 0 Å². The number of hydrogen-bond acceptors (Lipinski definition) is 4. The number of oxime groups is 1. The normalized spacial score (nSPS) is 13.4. The van der Waals surface area contributed by atoms with Crippen LogP contribution in [0.2, 0.25) is 0 Å². The third-order valence-corrected chi connectivity index (χ3v) is 4.98. The molecule has 0 aliphatic carbocycles. The molecule has 5 nitrogen and oxygen atoms in total. The molecule has 1 atom stereocenters. The van der Waals surface area contributed by atoms with Gasteiger partial charge in [0.1, 0.15) is 5.84 Å². The number of carbonyl (C=O) groups excluding carboxylic acids is 1. The number of carbonyl (C=O) groups is 1. The molecule has 0 saturated carbocycles. The minimum absolute atomic E-state index is 0.0288. The van der Waals surface area contributed by atoms with Crippen LogP contribution in [0.4, 0.5) is 0 Å². The van der Waals surface area contributed by atoms with Crippen molar-refractivity contribution in [3.8, 4) is 0 Å². The van der Waals surface area contributed by atoms with E-state index in [1.165, 1.54) is 11.3 Å². The zero-order valence-electron chi connectivity index (χ0n) is 11.2. The van der Waals surface area contributed by atoms with Crippen LogP contribution < -0.4 is 5.73 Å². The van der Waals surface area contributed by atoms with Gasteiger partial charge < -0.3 is 15.8 Å². The molecule has 0 aliphatic heterocycles. The maximum Gasteiger partial charge on any atom is 0.263 e. The van der Waals surface area contributed by atoms with Crippen LogP contribution in [0.3, 0.4) is 0 Å². The first-order chi connectivity index (χ1) is 8.90. The highest BCUT2D eigenvalue weighted by Gasteiger charge is 2.20. The Morgan fingerprint density at radius 2 is 2.32 bits per heavy atom. The molecule has 0 aromatic carbocycles. The second-order valence-electron chi connectivity index (χ2n) is 4.34. The van der Waals surface area contributed by atoms with E-state index in [0.717, 1.165) is 9.35 Å². The van der Waals surface area contributed by atoms with E-state index < -0.39 is 0 Å². The number of amidine groups is 1. The second-order valence-corrected chi connectivity index (χ2v) is 6.71. The summed E-state index contributed by atoms with van der Waals surface area (Å²) in [6.45, 7) is 6.69. The minimum atomic E-state index is -0.182. The molecule has 3 N–H and O–H groups in total. The fourth-order valence-corrected chi connectivity index (χ4v) is 3.10. The standard InChI is InChI=1S/C12H18BrN3O2S/c1-4-16(6-8(3)11(14)15-18)12(17)9-5-7(2)10(13)19-9/h5,8,18H,4,6H2,1-3H3,(H2,14,15). The maximum absolute atomic E-state index is 12.4. The van der Waals surface area contributed by atoms with E-state index in [-0.39, 0.29) is 17.7 Å². The molecule has 19 heavy (non-hydrogen) atoms. The summed E-state index contributed by atoms with van der Waals surface area (Å²) in [7, 11) is 0. The topological polar surface area (TPSA) is 78.9 Å². The summed E-state index contributed by atoms with van der Waals surface area (Å²) in [5.74, 6) is -0.0768. The summed E-state index contributed by atoms with van der Waals surface area (Å²) >= 11 is 4.84. The maximum atomic E-state index is 12.4. The van der Waals surface area contributed by atoms with Gasteiger partial charge >= 0.3 is 0 Å². The van der Waals surface area contributed by atoms with Gasteiger partial charge in [-0.1, -0.05) is 12.1 Å². The predicted molar refractivity (Wildman–Crippen MR) is 80.9 cm³/mol. The molecule has 0 saturated heterocycles. The highest BCUT2D eigenvalue weighted by Crippen LogP contribution is 2.28. The quantitative estimate of drug-likeness (QED) is 0.372. The molecule has 7 heteroatoms. The Morgan fingerprint density at radius 3 is 2.74 bits per heavy atom. The van der Waals surface area contributed by atoms with E-state index in [9.17, 15) is 4.79 Å². The van der Waals surface area contributed by atoms with Crippen molar-refractivity contribution in [2.75, 3.05) is 13.1 Å². The van der Waals surface area contributed by atoms with Gasteiger partial charge in [0.05, 0.1) is 8.66 Å². The molecule has 1 aromatic rings. The number of halogens is 1. The number of nitrogens with two attached hydrogens (primary N) is 1. The molecular formula is C12H18BrN3O2S. The second kappa shape index (κ2) is 6.91. The van der Waals surface area contributed by atoms with Gasteiger partial charge in [0.15, 0.2) is 0 Å². The average molecular weight is 348 g/mol. The van der Waals surface area contributed by atoms with Crippen LogP contribution in [0, 0.1) is 12.8 Å². The number of aryl methyl sites for hydroxylation is 1.